The topological polar surface area (TPSA) is 61.8 Å². The highest BCUT2D eigenvalue weighted by molar-refractivity contribution is 7.57. The van der Waals surface area contributed by atoms with Crippen LogP contribution in [0.4, 0.5) is 0 Å². The van der Waals surface area contributed by atoms with Crippen LogP contribution in [-0.2, 0) is 20.1 Å². The molecule has 3 unspecified atom stereocenters. The van der Waals surface area contributed by atoms with Crippen LogP contribution in [0.1, 0.15) is 83.3 Å². The molecule has 0 spiro atoms. The molecule has 3 atom stereocenters. The van der Waals surface area contributed by atoms with Gasteiger partial charge in [-0.15, -0.1) is 0 Å². The Morgan fingerprint density at radius 1 is 1.06 bits per heavy atom. The second-order valence-corrected chi connectivity index (χ2v) is 14.7. The van der Waals surface area contributed by atoms with Gasteiger partial charge in [0, 0.05) is 31.5 Å². The van der Waals surface area contributed by atoms with Crippen molar-refractivity contribution in [3.8, 4) is 11.5 Å². The first-order valence-electron chi connectivity index (χ1n) is 12.5. The van der Waals surface area contributed by atoms with Crippen molar-refractivity contribution in [3.05, 3.63) is 47.1 Å². The summed E-state index contributed by atoms with van der Waals surface area (Å²) in [4.78, 5) is 0. The number of rotatable bonds is 13. The fraction of sp³-hybridized carbons (Fsp3) is 0.630. The van der Waals surface area contributed by atoms with Crippen molar-refractivity contribution >= 4 is 15.0 Å². The number of unbranched alkanes of at least 4 members (excludes halogenated alkanes) is 2. The Hall–Kier alpha value is -1.28. The van der Waals surface area contributed by atoms with Gasteiger partial charge in [-0.2, -0.15) is 0 Å². The SMILES string of the molecule is C=C(C)C1CCC(C)=CC1c1c(OP(C)(C)=O)cc(CCCCC)cc1OP(C)(=O)OCCC. The highest BCUT2D eigenvalue weighted by atomic mass is 31.2. The molecule has 0 fully saturated rings. The van der Waals surface area contributed by atoms with Gasteiger partial charge in [-0.05, 0) is 69.6 Å². The molecule has 2 rings (SSSR count). The van der Waals surface area contributed by atoms with Crippen LogP contribution in [0, 0.1) is 5.92 Å². The van der Waals surface area contributed by atoms with Gasteiger partial charge in [0.1, 0.15) is 11.5 Å². The molecule has 34 heavy (non-hydrogen) atoms. The second-order valence-electron chi connectivity index (χ2n) is 10.0. The number of benzene rings is 1. The third-order valence-electron chi connectivity index (χ3n) is 6.06. The summed E-state index contributed by atoms with van der Waals surface area (Å²) in [6, 6.07) is 3.98. The lowest BCUT2D eigenvalue weighted by Gasteiger charge is -2.33. The van der Waals surface area contributed by atoms with E-state index in [1.165, 1.54) is 12.2 Å². The molecule has 0 radical (unpaired) electrons. The number of hydrogen-bond acceptors (Lipinski definition) is 5. The van der Waals surface area contributed by atoms with Crippen molar-refractivity contribution in [1.82, 2.24) is 0 Å². The van der Waals surface area contributed by atoms with E-state index in [1.807, 2.05) is 26.0 Å². The van der Waals surface area contributed by atoms with Crippen LogP contribution in [0.25, 0.3) is 0 Å². The summed E-state index contributed by atoms with van der Waals surface area (Å²) in [5.41, 5.74) is 4.17. The molecule has 0 heterocycles. The van der Waals surface area contributed by atoms with Gasteiger partial charge in [-0.3, -0.25) is 9.09 Å². The highest BCUT2D eigenvalue weighted by Crippen LogP contribution is 2.54. The van der Waals surface area contributed by atoms with Crippen molar-refractivity contribution in [2.24, 2.45) is 5.92 Å². The standard InChI is InChI=1S/C27H44O5P2/c1-9-11-12-13-22-18-25(31-33(6,7)28)27(24-17-21(5)14-15-23(24)20(3)4)26(19-22)32-34(8,29)30-16-10-2/h17-19,23-24H,3,9-16H2,1-2,4-8H3. The summed E-state index contributed by atoms with van der Waals surface area (Å²) in [6.07, 6.45) is 9.04. The zero-order valence-corrected chi connectivity index (χ0v) is 24.0. The Kier molecular flexibility index (Phi) is 10.7. The maximum atomic E-state index is 13.3. The second kappa shape index (κ2) is 12.6. The van der Waals surface area contributed by atoms with Gasteiger partial charge >= 0.3 is 7.60 Å². The van der Waals surface area contributed by atoms with Gasteiger partial charge < -0.3 is 9.05 Å². The number of allylic oxidation sites excluding steroid dienone is 3. The molecule has 0 amide bonds. The Balaban J connectivity index is 2.72. The minimum absolute atomic E-state index is 0.0707. The van der Waals surface area contributed by atoms with Crippen molar-refractivity contribution in [2.45, 2.75) is 78.6 Å². The van der Waals surface area contributed by atoms with Crippen molar-refractivity contribution < 1.29 is 22.7 Å². The van der Waals surface area contributed by atoms with Crippen LogP contribution >= 0.6 is 15.0 Å². The third kappa shape index (κ3) is 8.74. The lowest BCUT2D eigenvalue weighted by Crippen LogP contribution is -2.18. The molecular formula is C27H44O5P2. The van der Waals surface area contributed by atoms with Gasteiger partial charge in [0.25, 0.3) is 0 Å². The van der Waals surface area contributed by atoms with E-state index >= 15 is 0 Å². The van der Waals surface area contributed by atoms with Crippen LogP contribution in [0.2, 0.25) is 0 Å². The highest BCUT2D eigenvalue weighted by Gasteiger charge is 2.34. The summed E-state index contributed by atoms with van der Waals surface area (Å²) in [5.74, 6) is 1.16. The molecule has 0 aliphatic heterocycles. The van der Waals surface area contributed by atoms with Crippen LogP contribution in [0.3, 0.4) is 0 Å². The van der Waals surface area contributed by atoms with Crippen LogP contribution in [0.5, 0.6) is 11.5 Å². The van der Waals surface area contributed by atoms with Gasteiger partial charge in [-0.1, -0.05) is 50.5 Å². The van der Waals surface area contributed by atoms with E-state index in [-0.39, 0.29) is 11.8 Å². The Morgan fingerprint density at radius 3 is 2.26 bits per heavy atom. The van der Waals surface area contributed by atoms with Gasteiger partial charge in [-0.25, -0.2) is 4.57 Å². The first-order valence-corrected chi connectivity index (χ1v) is 17.0. The molecule has 1 aromatic carbocycles. The maximum absolute atomic E-state index is 13.3. The van der Waals surface area contributed by atoms with Crippen molar-refractivity contribution in [3.63, 3.8) is 0 Å². The lowest BCUT2D eigenvalue weighted by atomic mass is 9.73. The predicted octanol–water partition coefficient (Wildman–Crippen LogP) is 8.98. The maximum Gasteiger partial charge on any atom is 0.376 e. The van der Waals surface area contributed by atoms with Crippen LogP contribution in [-0.4, -0.2) is 26.6 Å². The minimum Gasteiger partial charge on any atom is -0.443 e. The summed E-state index contributed by atoms with van der Waals surface area (Å²) in [5, 5.41) is 0. The minimum atomic E-state index is -3.36. The summed E-state index contributed by atoms with van der Waals surface area (Å²) < 4.78 is 44.0. The van der Waals surface area contributed by atoms with E-state index < -0.39 is 15.0 Å². The van der Waals surface area contributed by atoms with Gasteiger partial charge in [0.05, 0.1) is 6.61 Å². The molecular weight excluding hydrogens is 466 g/mol. The van der Waals surface area contributed by atoms with Gasteiger partial charge in [0.2, 0.25) is 7.37 Å². The normalized spacial score (nSPS) is 20.4. The molecule has 7 heteroatoms. The monoisotopic (exact) mass is 510 g/mol. The van der Waals surface area contributed by atoms with E-state index in [4.69, 9.17) is 13.6 Å². The van der Waals surface area contributed by atoms with E-state index in [0.29, 0.717) is 18.1 Å². The molecule has 5 nitrogen and oxygen atoms in total. The third-order valence-corrected chi connectivity index (χ3v) is 7.88. The molecule has 0 saturated heterocycles. The number of aryl methyl sites for hydroxylation is 1. The summed E-state index contributed by atoms with van der Waals surface area (Å²) in [7, 11) is -6.22. The predicted molar refractivity (Wildman–Crippen MR) is 144 cm³/mol. The molecule has 1 aliphatic carbocycles. The molecule has 0 bridgehead atoms. The average Bonchev–Trinajstić information content (AvgIpc) is 2.70. The smallest absolute Gasteiger partial charge is 0.376 e. The fourth-order valence-electron chi connectivity index (χ4n) is 4.46. The first kappa shape index (κ1) is 29.0. The van der Waals surface area contributed by atoms with E-state index in [2.05, 4.69) is 26.5 Å². The molecule has 1 aliphatic rings. The van der Waals surface area contributed by atoms with Crippen LogP contribution < -0.4 is 9.05 Å². The zero-order valence-electron chi connectivity index (χ0n) is 22.2. The van der Waals surface area contributed by atoms with Gasteiger partial charge in [0.15, 0.2) is 0 Å². The molecule has 0 aromatic heterocycles. The van der Waals surface area contributed by atoms with E-state index in [1.54, 1.807) is 13.3 Å². The first-order chi connectivity index (χ1) is 15.9. The molecule has 192 valence electrons. The van der Waals surface area contributed by atoms with Crippen LogP contribution in [0.15, 0.2) is 35.9 Å². The Labute approximate surface area is 207 Å². The zero-order chi connectivity index (χ0) is 25.5. The molecule has 1 aromatic rings. The summed E-state index contributed by atoms with van der Waals surface area (Å²) in [6.45, 7) is 17.7. The largest absolute Gasteiger partial charge is 0.443 e. The summed E-state index contributed by atoms with van der Waals surface area (Å²) >= 11 is 0. The van der Waals surface area contributed by atoms with E-state index in [9.17, 15) is 9.13 Å². The number of hydrogen-bond donors (Lipinski definition) is 0. The lowest BCUT2D eigenvalue weighted by molar-refractivity contribution is 0.268. The molecule has 0 saturated carbocycles. The Morgan fingerprint density at radius 2 is 1.71 bits per heavy atom. The van der Waals surface area contributed by atoms with Crippen molar-refractivity contribution in [2.75, 3.05) is 26.6 Å². The Bertz CT molecular complexity index is 975. The van der Waals surface area contributed by atoms with E-state index in [0.717, 1.165) is 61.6 Å². The molecule has 0 N–H and O–H groups in total. The quantitative estimate of drug-likeness (QED) is 0.151. The van der Waals surface area contributed by atoms with Crippen molar-refractivity contribution in [1.29, 1.82) is 0 Å². The average molecular weight is 511 g/mol. The fourth-order valence-corrected chi connectivity index (χ4v) is 6.16.